The van der Waals surface area contributed by atoms with Crippen molar-refractivity contribution in [3.63, 3.8) is 0 Å². The minimum Gasteiger partial charge on any atom is -0.494 e. The summed E-state index contributed by atoms with van der Waals surface area (Å²) in [6.45, 7) is 5.03. The Morgan fingerprint density at radius 2 is 1.60 bits per heavy atom. The molecule has 0 saturated carbocycles. The molecule has 2 rings (SSSR count). The van der Waals surface area contributed by atoms with Crippen LogP contribution in [0, 0.1) is 0 Å². The van der Waals surface area contributed by atoms with Crippen LogP contribution in [0.4, 0.5) is 10.5 Å². The van der Waals surface area contributed by atoms with Crippen LogP contribution in [-0.2, 0) is 11.3 Å². The largest absolute Gasteiger partial charge is 0.494 e. The van der Waals surface area contributed by atoms with Crippen molar-refractivity contribution < 1.29 is 19.1 Å². The van der Waals surface area contributed by atoms with Crippen LogP contribution in [0.1, 0.15) is 29.8 Å². The molecule has 0 bridgehead atoms. The highest BCUT2D eigenvalue weighted by Gasteiger charge is 2.07. The van der Waals surface area contributed by atoms with Crippen molar-refractivity contribution in [1.29, 1.82) is 0 Å². The quantitative estimate of drug-likeness (QED) is 0.754. The predicted octanol–water partition coefficient (Wildman–Crippen LogP) is 3.58. The Morgan fingerprint density at radius 3 is 2.20 bits per heavy atom. The maximum Gasteiger partial charge on any atom is 0.338 e. The number of nitrogens with one attached hydrogen (secondary N) is 2. The molecule has 2 aromatic rings. The zero-order valence-corrected chi connectivity index (χ0v) is 14.4. The van der Waals surface area contributed by atoms with E-state index in [1.54, 1.807) is 31.2 Å². The molecule has 0 atom stereocenters. The lowest BCUT2D eigenvalue weighted by atomic mass is 10.2. The number of hydrogen-bond acceptors (Lipinski definition) is 4. The van der Waals surface area contributed by atoms with Gasteiger partial charge in [0.15, 0.2) is 0 Å². The molecular weight excluding hydrogens is 320 g/mol. The summed E-state index contributed by atoms with van der Waals surface area (Å²) in [6.07, 6.45) is 0. The van der Waals surface area contributed by atoms with Crippen LogP contribution < -0.4 is 15.4 Å². The summed E-state index contributed by atoms with van der Waals surface area (Å²) < 4.78 is 10.3. The van der Waals surface area contributed by atoms with Crippen LogP contribution in [-0.4, -0.2) is 25.2 Å². The Kier molecular flexibility index (Phi) is 6.83. The van der Waals surface area contributed by atoms with Gasteiger partial charge in [-0.25, -0.2) is 9.59 Å². The van der Waals surface area contributed by atoms with Gasteiger partial charge in [-0.05, 0) is 55.8 Å². The molecule has 0 aliphatic carbocycles. The van der Waals surface area contributed by atoms with Crippen LogP contribution in [0.25, 0.3) is 0 Å². The molecule has 0 aliphatic heterocycles. The predicted molar refractivity (Wildman–Crippen MR) is 95.9 cm³/mol. The number of urea groups is 1. The van der Waals surface area contributed by atoms with E-state index in [9.17, 15) is 9.59 Å². The third-order valence-electron chi connectivity index (χ3n) is 3.34. The van der Waals surface area contributed by atoms with Gasteiger partial charge >= 0.3 is 12.0 Å². The lowest BCUT2D eigenvalue weighted by molar-refractivity contribution is 0.0526. The first-order chi connectivity index (χ1) is 12.1. The van der Waals surface area contributed by atoms with Crippen molar-refractivity contribution in [3.05, 3.63) is 59.7 Å². The highest BCUT2D eigenvalue weighted by atomic mass is 16.5. The number of ether oxygens (including phenoxy) is 2. The summed E-state index contributed by atoms with van der Waals surface area (Å²) in [5.41, 5.74) is 2.01. The Morgan fingerprint density at radius 1 is 0.920 bits per heavy atom. The van der Waals surface area contributed by atoms with Gasteiger partial charge in [0, 0.05) is 12.2 Å². The number of hydrogen-bond donors (Lipinski definition) is 2. The fourth-order valence-electron chi connectivity index (χ4n) is 2.13. The molecule has 0 radical (unpaired) electrons. The van der Waals surface area contributed by atoms with E-state index in [1.807, 2.05) is 31.2 Å². The molecule has 2 amide bonds. The molecule has 0 spiro atoms. The van der Waals surface area contributed by atoms with E-state index < -0.39 is 0 Å². The van der Waals surface area contributed by atoms with E-state index >= 15 is 0 Å². The van der Waals surface area contributed by atoms with E-state index in [0.717, 1.165) is 11.3 Å². The molecule has 6 heteroatoms. The van der Waals surface area contributed by atoms with Gasteiger partial charge in [-0.15, -0.1) is 0 Å². The summed E-state index contributed by atoms with van der Waals surface area (Å²) in [5, 5.41) is 5.49. The summed E-state index contributed by atoms with van der Waals surface area (Å²) in [7, 11) is 0. The maximum absolute atomic E-state index is 11.9. The molecule has 0 fully saturated rings. The minimum atomic E-state index is -0.381. The summed E-state index contributed by atoms with van der Waals surface area (Å²) >= 11 is 0. The van der Waals surface area contributed by atoms with Crippen molar-refractivity contribution >= 4 is 17.7 Å². The third-order valence-corrected chi connectivity index (χ3v) is 3.34. The Bertz CT molecular complexity index is 696. The summed E-state index contributed by atoms with van der Waals surface area (Å²) in [5.74, 6) is 0.423. The zero-order valence-electron chi connectivity index (χ0n) is 14.4. The fraction of sp³-hybridized carbons (Fsp3) is 0.263. The molecule has 25 heavy (non-hydrogen) atoms. The lowest BCUT2D eigenvalue weighted by Crippen LogP contribution is -2.28. The second-order valence-electron chi connectivity index (χ2n) is 5.18. The number of carbonyl (C=O) groups excluding carboxylic acids is 2. The monoisotopic (exact) mass is 342 g/mol. The standard InChI is InChI=1S/C19H22N2O4/c1-3-24-17-11-5-14(6-12-17)13-20-19(23)21-16-9-7-15(8-10-16)18(22)25-4-2/h5-12H,3-4,13H2,1-2H3,(H2,20,21,23). The molecule has 0 unspecified atom stereocenters. The topological polar surface area (TPSA) is 76.7 Å². The van der Waals surface area contributed by atoms with Crippen LogP contribution in [0.2, 0.25) is 0 Å². The fourth-order valence-corrected chi connectivity index (χ4v) is 2.13. The average molecular weight is 342 g/mol. The van der Waals surface area contributed by atoms with E-state index in [1.165, 1.54) is 0 Å². The molecule has 2 aromatic carbocycles. The normalized spacial score (nSPS) is 10.0. The van der Waals surface area contributed by atoms with Crippen molar-refractivity contribution in [1.82, 2.24) is 5.32 Å². The van der Waals surface area contributed by atoms with Crippen molar-refractivity contribution in [2.24, 2.45) is 0 Å². The molecule has 0 heterocycles. The van der Waals surface area contributed by atoms with Crippen LogP contribution >= 0.6 is 0 Å². The first-order valence-electron chi connectivity index (χ1n) is 8.16. The Labute approximate surface area is 147 Å². The Balaban J connectivity index is 1.82. The van der Waals surface area contributed by atoms with Crippen molar-refractivity contribution in [2.45, 2.75) is 20.4 Å². The lowest BCUT2D eigenvalue weighted by Gasteiger charge is -2.09. The van der Waals surface area contributed by atoms with Gasteiger partial charge in [-0.1, -0.05) is 12.1 Å². The Hall–Kier alpha value is -3.02. The third kappa shape index (κ3) is 5.84. The van der Waals surface area contributed by atoms with Gasteiger partial charge in [0.05, 0.1) is 18.8 Å². The van der Waals surface area contributed by atoms with Crippen LogP contribution in [0.5, 0.6) is 5.75 Å². The van der Waals surface area contributed by atoms with Gasteiger partial charge in [0.1, 0.15) is 5.75 Å². The molecule has 6 nitrogen and oxygen atoms in total. The number of benzene rings is 2. The first-order valence-corrected chi connectivity index (χ1v) is 8.16. The van der Waals surface area contributed by atoms with E-state index in [-0.39, 0.29) is 12.0 Å². The number of carbonyl (C=O) groups is 2. The molecule has 132 valence electrons. The minimum absolute atomic E-state index is 0.322. The van der Waals surface area contributed by atoms with E-state index in [0.29, 0.717) is 31.0 Å². The maximum atomic E-state index is 11.9. The molecule has 0 aromatic heterocycles. The van der Waals surface area contributed by atoms with E-state index in [4.69, 9.17) is 9.47 Å². The average Bonchev–Trinajstić information content (AvgIpc) is 2.62. The van der Waals surface area contributed by atoms with Gasteiger partial charge in [-0.2, -0.15) is 0 Å². The highest BCUT2D eigenvalue weighted by molar-refractivity contribution is 5.92. The van der Waals surface area contributed by atoms with Crippen molar-refractivity contribution in [3.8, 4) is 5.75 Å². The summed E-state index contributed by atoms with van der Waals surface area (Å²) in [6, 6.07) is 13.8. The first kappa shape index (κ1) is 18.3. The SMILES string of the molecule is CCOC(=O)c1ccc(NC(=O)NCc2ccc(OCC)cc2)cc1. The van der Waals surface area contributed by atoms with Crippen molar-refractivity contribution in [2.75, 3.05) is 18.5 Å². The number of rotatable bonds is 7. The second-order valence-corrected chi connectivity index (χ2v) is 5.18. The number of esters is 1. The number of amides is 2. The second kappa shape index (κ2) is 9.32. The van der Waals surface area contributed by atoms with Gasteiger partial charge in [0.25, 0.3) is 0 Å². The van der Waals surface area contributed by atoms with Crippen LogP contribution in [0.3, 0.4) is 0 Å². The molecular formula is C19H22N2O4. The van der Waals surface area contributed by atoms with Gasteiger partial charge < -0.3 is 20.1 Å². The number of anilines is 1. The van der Waals surface area contributed by atoms with E-state index in [2.05, 4.69) is 10.6 Å². The molecule has 0 aliphatic rings. The van der Waals surface area contributed by atoms with Gasteiger partial charge in [-0.3, -0.25) is 0 Å². The smallest absolute Gasteiger partial charge is 0.338 e. The molecule has 2 N–H and O–H groups in total. The van der Waals surface area contributed by atoms with Crippen LogP contribution in [0.15, 0.2) is 48.5 Å². The summed E-state index contributed by atoms with van der Waals surface area (Å²) in [4.78, 5) is 23.5. The zero-order chi connectivity index (χ0) is 18.1. The highest BCUT2D eigenvalue weighted by Crippen LogP contribution is 2.13. The molecule has 0 saturated heterocycles. The van der Waals surface area contributed by atoms with Gasteiger partial charge in [0.2, 0.25) is 0 Å².